The molecule has 11 heteroatoms. The molecule has 0 unspecified atom stereocenters. The number of fused-ring (bicyclic) bond motifs is 3. The van der Waals surface area contributed by atoms with E-state index in [-0.39, 0.29) is 34.9 Å². The molecular weight excluding hydrogens is 472 g/mol. The zero-order valence-electron chi connectivity index (χ0n) is 19.9. The standard InChI is InChI=1S/C24H30N4O6S/c1-3-11-33-24(30)34-20-13-25-22-21(20)18-12-17(8-9-19(18)26-23(22)29)35(31,32)28(15-6-7-15)14-16-5-4-10-27(16)2/h8-9,12-13,15-16,25H,3-7,10-11,14H2,1-2H3,(H,26,29)/t16-/m1/s1. The lowest BCUT2D eigenvalue weighted by molar-refractivity contribution is 0.0997. The van der Waals surface area contributed by atoms with Crippen molar-refractivity contribution in [3.8, 4) is 5.75 Å². The fourth-order valence-electron chi connectivity index (χ4n) is 4.78. The van der Waals surface area contributed by atoms with Crippen LogP contribution in [0.15, 0.2) is 34.1 Å². The van der Waals surface area contributed by atoms with E-state index in [9.17, 15) is 18.0 Å². The van der Waals surface area contributed by atoms with Crippen LogP contribution in [0.4, 0.5) is 4.79 Å². The average Bonchev–Trinajstić information content (AvgIpc) is 3.45. The summed E-state index contributed by atoms with van der Waals surface area (Å²) in [5.41, 5.74) is 0.238. The molecule has 2 aromatic heterocycles. The average molecular weight is 503 g/mol. The monoisotopic (exact) mass is 502 g/mol. The van der Waals surface area contributed by atoms with E-state index in [1.165, 1.54) is 12.3 Å². The summed E-state index contributed by atoms with van der Waals surface area (Å²) in [6.07, 6.45) is 4.92. The Bertz CT molecular complexity index is 1430. The zero-order valence-corrected chi connectivity index (χ0v) is 20.7. The quantitative estimate of drug-likeness (QED) is 0.453. The van der Waals surface area contributed by atoms with Gasteiger partial charge in [-0.05, 0) is 63.9 Å². The number of hydrogen-bond acceptors (Lipinski definition) is 7. The number of pyridine rings is 1. The largest absolute Gasteiger partial charge is 0.513 e. The maximum absolute atomic E-state index is 13.8. The highest BCUT2D eigenvalue weighted by Crippen LogP contribution is 2.36. The van der Waals surface area contributed by atoms with Gasteiger partial charge in [-0.3, -0.25) is 4.79 Å². The number of aromatic nitrogens is 2. The summed E-state index contributed by atoms with van der Waals surface area (Å²) in [7, 11) is -1.74. The number of nitrogens with one attached hydrogen (secondary N) is 2. The number of sulfonamides is 1. The van der Waals surface area contributed by atoms with Crippen molar-refractivity contribution in [3.05, 3.63) is 34.7 Å². The van der Waals surface area contributed by atoms with Crippen LogP contribution < -0.4 is 10.3 Å². The number of likely N-dealkylation sites (N-methyl/N-ethyl adjacent to an activating group) is 1. The Balaban J connectivity index is 1.56. The predicted octanol–water partition coefficient (Wildman–Crippen LogP) is 3.18. The minimum atomic E-state index is -3.78. The van der Waals surface area contributed by atoms with Gasteiger partial charge in [0, 0.05) is 35.7 Å². The highest BCUT2D eigenvalue weighted by Gasteiger charge is 2.40. The molecule has 35 heavy (non-hydrogen) atoms. The van der Waals surface area contributed by atoms with Gasteiger partial charge in [-0.25, -0.2) is 13.2 Å². The van der Waals surface area contributed by atoms with E-state index in [1.54, 1.807) is 16.4 Å². The zero-order chi connectivity index (χ0) is 24.7. The summed E-state index contributed by atoms with van der Waals surface area (Å²) in [4.78, 5) is 32.6. The van der Waals surface area contributed by atoms with Crippen LogP contribution >= 0.6 is 0 Å². The second kappa shape index (κ2) is 9.29. The highest BCUT2D eigenvalue weighted by atomic mass is 32.2. The molecule has 1 aliphatic carbocycles. The molecule has 0 amide bonds. The molecule has 1 saturated heterocycles. The van der Waals surface area contributed by atoms with Crippen molar-refractivity contribution < 1.29 is 22.7 Å². The number of nitrogens with zero attached hydrogens (tertiary/aromatic N) is 2. The summed E-state index contributed by atoms with van der Waals surface area (Å²) < 4.78 is 39.6. The van der Waals surface area contributed by atoms with E-state index < -0.39 is 21.7 Å². The number of likely N-dealkylation sites (tertiary alicyclic amines) is 1. The van der Waals surface area contributed by atoms with Crippen molar-refractivity contribution in [1.29, 1.82) is 0 Å². The predicted molar refractivity (Wildman–Crippen MR) is 131 cm³/mol. The lowest BCUT2D eigenvalue weighted by atomic mass is 10.1. The summed E-state index contributed by atoms with van der Waals surface area (Å²) in [6.45, 7) is 3.51. The molecule has 1 atom stereocenters. The van der Waals surface area contributed by atoms with Crippen molar-refractivity contribution >= 4 is 38.0 Å². The number of carbonyl (C=O) groups is 1. The molecule has 2 aliphatic rings. The summed E-state index contributed by atoms with van der Waals surface area (Å²) >= 11 is 0. The minimum Gasteiger partial charge on any atom is -0.434 e. The Morgan fingerprint density at radius 1 is 1.26 bits per heavy atom. The summed E-state index contributed by atoms with van der Waals surface area (Å²) in [6, 6.07) is 4.87. The van der Waals surface area contributed by atoms with Crippen LogP contribution in [-0.2, 0) is 14.8 Å². The lowest BCUT2D eigenvalue weighted by Gasteiger charge is -2.28. The Hall–Kier alpha value is -2.89. The van der Waals surface area contributed by atoms with Crippen LogP contribution in [0.1, 0.15) is 39.0 Å². The molecule has 2 N–H and O–H groups in total. The maximum atomic E-state index is 13.8. The second-order valence-electron chi connectivity index (χ2n) is 9.35. The van der Waals surface area contributed by atoms with Gasteiger partial charge in [0.2, 0.25) is 10.0 Å². The Kier molecular flexibility index (Phi) is 6.32. The van der Waals surface area contributed by atoms with Gasteiger partial charge >= 0.3 is 6.16 Å². The molecule has 1 aliphatic heterocycles. The molecule has 1 aromatic carbocycles. The third-order valence-electron chi connectivity index (χ3n) is 6.82. The number of hydrogen-bond donors (Lipinski definition) is 2. The van der Waals surface area contributed by atoms with Crippen molar-refractivity contribution in [3.63, 3.8) is 0 Å². The van der Waals surface area contributed by atoms with Gasteiger partial charge in [0.1, 0.15) is 5.52 Å². The number of aromatic amines is 2. The summed E-state index contributed by atoms with van der Waals surface area (Å²) in [5, 5.41) is 0.802. The Morgan fingerprint density at radius 2 is 2.06 bits per heavy atom. The van der Waals surface area contributed by atoms with Crippen LogP contribution in [0.3, 0.4) is 0 Å². The van der Waals surface area contributed by atoms with E-state index in [4.69, 9.17) is 9.47 Å². The van der Waals surface area contributed by atoms with E-state index in [2.05, 4.69) is 14.9 Å². The van der Waals surface area contributed by atoms with Crippen molar-refractivity contribution in [1.82, 2.24) is 19.2 Å². The number of ether oxygens (including phenoxy) is 2. The number of carbonyl (C=O) groups excluding carboxylic acids is 1. The molecule has 3 heterocycles. The SMILES string of the molecule is CCCOC(=O)Oc1c[nH]c2c(=O)[nH]c3ccc(S(=O)(=O)N(C[C@H]4CCCN4C)C4CC4)cc3c12. The topological polar surface area (TPSA) is 125 Å². The molecule has 2 fully saturated rings. The van der Waals surface area contributed by atoms with Gasteiger partial charge in [0.05, 0.1) is 16.9 Å². The highest BCUT2D eigenvalue weighted by molar-refractivity contribution is 7.89. The van der Waals surface area contributed by atoms with Crippen molar-refractivity contribution in [2.45, 2.75) is 56.0 Å². The van der Waals surface area contributed by atoms with Gasteiger partial charge in [-0.15, -0.1) is 0 Å². The van der Waals surface area contributed by atoms with E-state index in [1.807, 2.05) is 14.0 Å². The molecular formula is C24H30N4O6S. The van der Waals surface area contributed by atoms with Gasteiger partial charge < -0.3 is 24.3 Å². The van der Waals surface area contributed by atoms with Gasteiger partial charge in [0.25, 0.3) is 5.56 Å². The molecule has 188 valence electrons. The molecule has 0 bridgehead atoms. The second-order valence-corrected chi connectivity index (χ2v) is 11.2. The molecule has 5 rings (SSSR count). The molecule has 10 nitrogen and oxygen atoms in total. The fraction of sp³-hybridized carbons (Fsp3) is 0.500. The van der Waals surface area contributed by atoms with Crippen LogP contribution in [0.25, 0.3) is 21.8 Å². The lowest BCUT2D eigenvalue weighted by Crippen LogP contribution is -2.42. The van der Waals surface area contributed by atoms with Crippen LogP contribution in [0.5, 0.6) is 5.75 Å². The Labute approximate surface area is 203 Å². The maximum Gasteiger partial charge on any atom is 0.513 e. The smallest absolute Gasteiger partial charge is 0.434 e. The normalized spacial score (nSPS) is 19.1. The van der Waals surface area contributed by atoms with Crippen LogP contribution in [0.2, 0.25) is 0 Å². The molecule has 0 radical (unpaired) electrons. The van der Waals surface area contributed by atoms with E-state index in [0.29, 0.717) is 29.3 Å². The molecule has 1 saturated carbocycles. The Morgan fingerprint density at radius 3 is 2.74 bits per heavy atom. The summed E-state index contributed by atoms with van der Waals surface area (Å²) in [5.74, 6) is 0.110. The van der Waals surface area contributed by atoms with Crippen LogP contribution in [-0.4, -0.2) is 72.6 Å². The van der Waals surface area contributed by atoms with E-state index in [0.717, 1.165) is 32.2 Å². The van der Waals surface area contributed by atoms with E-state index >= 15 is 0 Å². The number of rotatable bonds is 8. The van der Waals surface area contributed by atoms with Crippen LogP contribution in [0, 0.1) is 0 Å². The fourth-order valence-corrected chi connectivity index (χ4v) is 6.53. The van der Waals surface area contributed by atoms with Gasteiger partial charge in [-0.1, -0.05) is 6.92 Å². The third kappa shape index (κ3) is 4.55. The molecule has 3 aromatic rings. The van der Waals surface area contributed by atoms with Crippen molar-refractivity contribution in [2.24, 2.45) is 0 Å². The first kappa shape index (κ1) is 23.8. The minimum absolute atomic E-state index is 0.0137. The third-order valence-corrected chi connectivity index (χ3v) is 8.73. The first-order valence-corrected chi connectivity index (χ1v) is 13.5. The van der Waals surface area contributed by atoms with Gasteiger partial charge in [-0.2, -0.15) is 4.31 Å². The number of H-pyrrole nitrogens is 2. The first-order chi connectivity index (χ1) is 16.8. The molecule has 0 spiro atoms. The van der Waals surface area contributed by atoms with Crippen molar-refractivity contribution in [2.75, 3.05) is 26.7 Å². The van der Waals surface area contributed by atoms with Gasteiger partial charge in [0.15, 0.2) is 5.75 Å². The first-order valence-electron chi connectivity index (χ1n) is 12.0. The number of benzene rings is 1.